The molecule has 0 spiro atoms. The molecule has 0 radical (unpaired) electrons. The maximum absolute atomic E-state index is 13.4. The van der Waals surface area contributed by atoms with Crippen molar-refractivity contribution in [2.75, 3.05) is 11.9 Å². The zero-order valence-corrected chi connectivity index (χ0v) is 15.8. The van der Waals surface area contributed by atoms with Crippen LogP contribution in [0.25, 0.3) is 6.08 Å². The molecule has 0 N–H and O–H groups in total. The van der Waals surface area contributed by atoms with Crippen molar-refractivity contribution < 1.29 is 9.18 Å². The molecule has 0 aromatic heterocycles. The highest BCUT2D eigenvalue weighted by atomic mass is 35.5. The lowest BCUT2D eigenvalue weighted by Crippen LogP contribution is -2.26. The van der Waals surface area contributed by atoms with Crippen molar-refractivity contribution in [1.29, 1.82) is 0 Å². The van der Waals surface area contributed by atoms with Gasteiger partial charge in [0.2, 0.25) is 0 Å². The molecule has 1 heterocycles. The van der Waals surface area contributed by atoms with Gasteiger partial charge < -0.3 is 4.90 Å². The van der Waals surface area contributed by atoms with Gasteiger partial charge in [0.15, 0.2) is 0 Å². The van der Waals surface area contributed by atoms with E-state index in [0.717, 1.165) is 22.4 Å². The van der Waals surface area contributed by atoms with Crippen LogP contribution in [0.4, 0.5) is 10.1 Å². The number of likely N-dealkylation sites (N-methyl/N-ethyl adjacent to an activating group) is 1. The molecule has 0 saturated heterocycles. The molecule has 0 atom stereocenters. The van der Waals surface area contributed by atoms with Crippen LogP contribution in [-0.4, -0.2) is 18.7 Å². The number of amides is 1. The molecule has 0 fully saturated rings. The fourth-order valence-corrected chi connectivity index (χ4v) is 3.24. The van der Waals surface area contributed by atoms with Crippen LogP contribution in [-0.2, 0) is 4.79 Å². The normalized spacial score (nSPS) is 15.2. The molecule has 1 amide bonds. The molecule has 138 valence electrons. The molecule has 0 bridgehead atoms. The summed E-state index contributed by atoms with van der Waals surface area (Å²) in [6.07, 6.45) is 1.73. The minimum atomic E-state index is -0.323. The Bertz CT molecular complexity index is 1100. The molecule has 0 saturated carbocycles. The van der Waals surface area contributed by atoms with Gasteiger partial charge in [-0.05, 0) is 54.1 Å². The lowest BCUT2D eigenvalue weighted by atomic mass is 10.0. The maximum atomic E-state index is 13.4. The average Bonchev–Trinajstić information content (AvgIpc) is 2.81. The first-order valence-electron chi connectivity index (χ1n) is 8.72. The first-order chi connectivity index (χ1) is 13.5. The number of benzodiazepines with no additional fused rings is 1. The van der Waals surface area contributed by atoms with E-state index in [2.05, 4.69) is 0 Å². The van der Waals surface area contributed by atoms with Gasteiger partial charge in [0.05, 0.1) is 11.4 Å². The highest BCUT2D eigenvalue weighted by Crippen LogP contribution is 2.29. The van der Waals surface area contributed by atoms with Gasteiger partial charge >= 0.3 is 0 Å². The molecule has 0 unspecified atom stereocenters. The smallest absolute Gasteiger partial charge is 0.276 e. The molecule has 0 aliphatic carbocycles. The zero-order valence-electron chi connectivity index (χ0n) is 15.1. The van der Waals surface area contributed by atoms with Gasteiger partial charge in [-0.15, -0.1) is 0 Å². The van der Waals surface area contributed by atoms with Crippen molar-refractivity contribution in [1.82, 2.24) is 0 Å². The molecule has 3 aromatic carbocycles. The van der Waals surface area contributed by atoms with E-state index in [1.807, 2.05) is 36.4 Å². The number of para-hydroxylation sites is 1. The number of nitrogens with zero attached hydrogens (tertiary/aromatic N) is 2. The Hall–Kier alpha value is -3.24. The van der Waals surface area contributed by atoms with E-state index >= 15 is 0 Å². The topological polar surface area (TPSA) is 32.7 Å². The summed E-state index contributed by atoms with van der Waals surface area (Å²) in [4.78, 5) is 19.4. The minimum absolute atomic E-state index is 0.223. The summed E-state index contributed by atoms with van der Waals surface area (Å²) in [6, 6.07) is 20.8. The van der Waals surface area contributed by atoms with E-state index in [-0.39, 0.29) is 11.7 Å². The molecular formula is C23H16ClFN2O. The van der Waals surface area contributed by atoms with Crippen LogP contribution in [0.15, 0.2) is 83.5 Å². The largest absolute Gasteiger partial charge is 0.309 e. The summed E-state index contributed by atoms with van der Waals surface area (Å²) in [6.45, 7) is 0. The van der Waals surface area contributed by atoms with Gasteiger partial charge in [-0.3, -0.25) is 4.79 Å². The second kappa shape index (κ2) is 7.41. The van der Waals surface area contributed by atoms with Crippen molar-refractivity contribution in [2.45, 2.75) is 0 Å². The van der Waals surface area contributed by atoms with E-state index < -0.39 is 0 Å². The molecule has 1 aliphatic heterocycles. The first kappa shape index (κ1) is 18.1. The summed E-state index contributed by atoms with van der Waals surface area (Å²) in [5.74, 6) is -0.545. The number of halogens is 2. The number of hydrogen-bond acceptors (Lipinski definition) is 2. The number of hydrogen-bond donors (Lipinski definition) is 0. The second-order valence-electron chi connectivity index (χ2n) is 6.43. The molecule has 5 heteroatoms. The van der Waals surface area contributed by atoms with E-state index in [0.29, 0.717) is 16.4 Å². The fraction of sp³-hybridized carbons (Fsp3) is 0.0435. The number of fused-ring (bicyclic) bond motifs is 1. The summed E-state index contributed by atoms with van der Waals surface area (Å²) >= 11 is 5.96. The third-order valence-electron chi connectivity index (χ3n) is 4.57. The summed E-state index contributed by atoms with van der Waals surface area (Å²) in [7, 11) is 1.72. The highest BCUT2D eigenvalue weighted by molar-refractivity contribution is 6.30. The predicted molar refractivity (Wildman–Crippen MR) is 111 cm³/mol. The lowest BCUT2D eigenvalue weighted by molar-refractivity contribution is -0.114. The number of aliphatic imine (C=N–C) groups is 1. The summed E-state index contributed by atoms with van der Waals surface area (Å²) < 4.78 is 13.4. The van der Waals surface area contributed by atoms with Crippen molar-refractivity contribution in [2.24, 2.45) is 4.99 Å². The van der Waals surface area contributed by atoms with Crippen LogP contribution in [0.5, 0.6) is 0 Å². The van der Waals surface area contributed by atoms with Gasteiger partial charge in [-0.1, -0.05) is 41.9 Å². The Labute approximate surface area is 167 Å². The average molecular weight is 391 g/mol. The van der Waals surface area contributed by atoms with E-state index in [9.17, 15) is 9.18 Å². The standard InChI is InChI=1S/C23H16ClFN2O/c1-27-21-5-3-2-4-19(21)22(16-8-12-18(25)13-9-16)26-20(23(27)28)14-15-6-10-17(24)11-7-15/h2-14H,1H3/b20-14-. The Morgan fingerprint density at radius 1 is 0.964 bits per heavy atom. The van der Waals surface area contributed by atoms with Crippen LogP contribution >= 0.6 is 11.6 Å². The van der Waals surface area contributed by atoms with Crippen LogP contribution in [0.2, 0.25) is 5.02 Å². The Morgan fingerprint density at radius 2 is 1.64 bits per heavy atom. The van der Waals surface area contributed by atoms with Crippen LogP contribution in [0.3, 0.4) is 0 Å². The molecule has 3 nitrogen and oxygen atoms in total. The van der Waals surface area contributed by atoms with Gasteiger partial charge in [-0.2, -0.15) is 0 Å². The number of carbonyl (C=O) groups excluding carboxylic acids is 1. The Morgan fingerprint density at radius 3 is 2.36 bits per heavy atom. The predicted octanol–water partition coefficient (Wildman–Crippen LogP) is 5.33. The van der Waals surface area contributed by atoms with Crippen molar-refractivity contribution in [3.8, 4) is 0 Å². The van der Waals surface area contributed by atoms with Crippen LogP contribution < -0.4 is 4.90 Å². The first-order valence-corrected chi connectivity index (χ1v) is 9.10. The van der Waals surface area contributed by atoms with Gasteiger partial charge in [-0.25, -0.2) is 9.38 Å². The lowest BCUT2D eigenvalue weighted by Gasteiger charge is -2.17. The number of rotatable bonds is 2. The summed E-state index contributed by atoms with van der Waals surface area (Å²) in [5.41, 5.74) is 4.02. The monoisotopic (exact) mass is 390 g/mol. The third-order valence-corrected chi connectivity index (χ3v) is 4.82. The highest BCUT2D eigenvalue weighted by Gasteiger charge is 2.25. The molecule has 4 rings (SSSR count). The van der Waals surface area contributed by atoms with Crippen molar-refractivity contribution >= 4 is 35.0 Å². The third kappa shape index (κ3) is 3.47. The van der Waals surface area contributed by atoms with E-state index in [1.165, 1.54) is 12.1 Å². The Kier molecular flexibility index (Phi) is 4.80. The van der Waals surface area contributed by atoms with E-state index in [4.69, 9.17) is 16.6 Å². The maximum Gasteiger partial charge on any atom is 0.276 e. The number of anilines is 1. The molecule has 1 aliphatic rings. The van der Waals surface area contributed by atoms with E-state index in [1.54, 1.807) is 42.3 Å². The molecule has 28 heavy (non-hydrogen) atoms. The van der Waals surface area contributed by atoms with Crippen LogP contribution in [0, 0.1) is 5.82 Å². The van der Waals surface area contributed by atoms with Crippen molar-refractivity contribution in [3.63, 3.8) is 0 Å². The van der Waals surface area contributed by atoms with Gasteiger partial charge in [0.25, 0.3) is 5.91 Å². The second-order valence-corrected chi connectivity index (χ2v) is 6.87. The molecular weight excluding hydrogens is 375 g/mol. The van der Waals surface area contributed by atoms with Gasteiger partial charge in [0.1, 0.15) is 11.5 Å². The molecule has 3 aromatic rings. The minimum Gasteiger partial charge on any atom is -0.309 e. The number of benzene rings is 3. The van der Waals surface area contributed by atoms with Gasteiger partial charge in [0, 0.05) is 23.2 Å². The number of carbonyl (C=O) groups is 1. The zero-order chi connectivity index (χ0) is 19.7. The fourth-order valence-electron chi connectivity index (χ4n) is 3.11. The quantitative estimate of drug-likeness (QED) is 0.544. The van der Waals surface area contributed by atoms with Crippen molar-refractivity contribution in [3.05, 3.63) is 106 Å². The summed E-state index contributed by atoms with van der Waals surface area (Å²) in [5, 5.41) is 0.620. The Balaban J connectivity index is 1.92. The SMILES string of the molecule is CN1C(=O)/C(=C/c2ccc(Cl)cc2)N=C(c2ccc(F)cc2)c2ccccc21. The van der Waals surface area contributed by atoms with Crippen LogP contribution in [0.1, 0.15) is 16.7 Å².